The molecular formula is C14H17NO3. The molecule has 4 nitrogen and oxygen atoms in total. The number of benzene rings is 1. The molecule has 96 valence electrons. The van der Waals surface area contributed by atoms with Gasteiger partial charge in [-0.05, 0) is 23.3 Å². The van der Waals surface area contributed by atoms with Crippen molar-refractivity contribution < 1.29 is 14.6 Å². The Hall–Kier alpha value is -1.62. The van der Waals surface area contributed by atoms with Gasteiger partial charge in [-0.1, -0.05) is 24.3 Å². The van der Waals surface area contributed by atoms with Gasteiger partial charge in [0.05, 0.1) is 13.2 Å². The van der Waals surface area contributed by atoms with E-state index in [-0.39, 0.29) is 13.2 Å². The molecule has 1 aromatic heterocycles. The molecule has 0 saturated heterocycles. The second kappa shape index (κ2) is 6.35. The summed E-state index contributed by atoms with van der Waals surface area (Å²) >= 11 is 0. The maximum absolute atomic E-state index is 8.93. The van der Waals surface area contributed by atoms with Gasteiger partial charge in [0.25, 0.3) is 0 Å². The molecule has 0 aliphatic heterocycles. The number of furan rings is 1. The lowest BCUT2D eigenvalue weighted by Crippen LogP contribution is -2.12. The van der Waals surface area contributed by atoms with Crippen LogP contribution in [0.15, 0.2) is 40.8 Å². The van der Waals surface area contributed by atoms with Crippen LogP contribution >= 0.6 is 0 Å². The van der Waals surface area contributed by atoms with Crippen LogP contribution < -0.4 is 5.32 Å². The fourth-order valence-electron chi connectivity index (χ4n) is 1.69. The van der Waals surface area contributed by atoms with Gasteiger partial charge in [0.1, 0.15) is 18.1 Å². The lowest BCUT2D eigenvalue weighted by molar-refractivity contribution is 0.242. The maximum Gasteiger partial charge on any atom is 0.129 e. The fraction of sp³-hybridized carbons (Fsp3) is 0.286. The summed E-state index contributed by atoms with van der Waals surface area (Å²) in [4.78, 5) is 0. The molecule has 3 N–H and O–H groups in total. The molecule has 0 bridgehead atoms. The maximum atomic E-state index is 8.93. The van der Waals surface area contributed by atoms with Crippen LogP contribution in [0.2, 0.25) is 0 Å². The van der Waals surface area contributed by atoms with Crippen molar-refractivity contribution in [3.8, 4) is 0 Å². The summed E-state index contributed by atoms with van der Waals surface area (Å²) in [5.74, 6) is 1.39. The summed E-state index contributed by atoms with van der Waals surface area (Å²) < 4.78 is 5.36. The van der Waals surface area contributed by atoms with Crippen molar-refractivity contribution in [3.05, 3.63) is 59.0 Å². The van der Waals surface area contributed by atoms with E-state index in [9.17, 15) is 0 Å². The van der Waals surface area contributed by atoms with Gasteiger partial charge in [0.15, 0.2) is 0 Å². The largest absolute Gasteiger partial charge is 0.462 e. The second-order valence-corrected chi connectivity index (χ2v) is 4.10. The molecule has 0 saturated carbocycles. The Morgan fingerprint density at radius 3 is 2.06 bits per heavy atom. The number of hydrogen-bond donors (Lipinski definition) is 3. The second-order valence-electron chi connectivity index (χ2n) is 4.10. The molecule has 1 aromatic carbocycles. The van der Waals surface area contributed by atoms with Crippen LogP contribution in [-0.2, 0) is 26.3 Å². The predicted molar refractivity (Wildman–Crippen MR) is 67.5 cm³/mol. The Bertz CT molecular complexity index is 476. The van der Waals surface area contributed by atoms with Crippen LogP contribution in [0, 0.1) is 0 Å². The average Bonchev–Trinajstić information content (AvgIpc) is 2.87. The lowest BCUT2D eigenvalue weighted by Gasteiger charge is -2.04. The van der Waals surface area contributed by atoms with Crippen molar-refractivity contribution in [2.24, 2.45) is 0 Å². The van der Waals surface area contributed by atoms with Crippen LogP contribution in [0.1, 0.15) is 22.6 Å². The third-order valence-electron chi connectivity index (χ3n) is 2.71. The number of aliphatic hydroxyl groups is 2. The van der Waals surface area contributed by atoms with Crippen molar-refractivity contribution in [1.29, 1.82) is 0 Å². The number of hydrogen-bond acceptors (Lipinski definition) is 4. The van der Waals surface area contributed by atoms with Crippen molar-refractivity contribution in [2.45, 2.75) is 26.3 Å². The highest BCUT2D eigenvalue weighted by Crippen LogP contribution is 2.08. The topological polar surface area (TPSA) is 65.6 Å². The van der Waals surface area contributed by atoms with Gasteiger partial charge in [-0.25, -0.2) is 0 Å². The summed E-state index contributed by atoms with van der Waals surface area (Å²) in [5.41, 5.74) is 2.07. The molecule has 2 aromatic rings. The first kappa shape index (κ1) is 12.8. The zero-order chi connectivity index (χ0) is 12.8. The van der Waals surface area contributed by atoms with Crippen LogP contribution in [0.25, 0.3) is 0 Å². The quantitative estimate of drug-likeness (QED) is 0.724. The third-order valence-corrected chi connectivity index (χ3v) is 2.71. The third kappa shape index (κ3) is 3.43. The SMILES string of the molecule is OCc1ccc(CNCc2ccc(CO)o2)cc1. The molecule has 0 amide bonds. The van der Waals surface area contributed by atoms with E-state index in [0.29, 0.717) is 12.3 Å². The first-order chi connectivity index (χ1) is 8.81. The summed E-state index contributed by atoms with van der Waals surface area (Å²) in [6, 6.07) is 11.4. The average molecular weight is 247 g/mol. The lowest BCUT2D eigenvalue weighted by atomic mass is 10.1. The van der Waals surface area contributed by atoms with Gasteiger partial charge in [-0.3, -0.25) is 0 Å². The highest BCUT2D eigenvalue weighted by Gasteiger charge is 2.00. The Balaban J connectivity index is 1.80. The van der Waals surface area contributed by atoms with E-state index in [4.69, 9.17) is 14.6 Å². The van der Waals surface area contributed by atoms with Crippen LogP contribution in [-0.4, -0.2) is 10.2 Å². The highest BCUT2D eigenvalue weighted by atomic mass is 16.4. The van der Waals surface area contributed by atoms with E-state index >= 15 is 0 Å². The zero-order valence-electron chi connectivity index (χ0n) is 10.1. The summed E-state index contributed by atoms with van der Waals surface area (Å²) in [6.07, 6.45) is 0. The molecule has 0 fully saturated rings. The standard InChI is InChI=1S/C14H17NO3/c16-9-12-3-1-11(2-4-12)7-15-8-13-5-6-14(10-17)18-13/h1-6,15-17H,7-10H2. The summed E-state index contributed by atoms with van der Waals surface area (Å²) in [7, 11) is 0. The number of rotatable bonds is 6. The molecular weight excluding hydrogens is 230 g/mol. The predicted octanol–water partition coefficient (Wildman–Crippen LogP) is 1.55. The minimum atomic E-state index is -0.0668. The number of aliphatic hydroxyl groups excluding tert-OH is 2. The molecule has 0 aliphatic carbocycles. The monoisotopic (exact) mass is 247 g/mol. The smallest absolute Gasteiger partial charge is 0.129 e. The highest BCUT2D eigenvalue weighted by molar-refractivity contribution is 5.21. The molecule has 2 rings (SSSR count). The van der Waals surface area contributed by atoms with Gasteiger partial charge >= 0.3 is 0 Å². The molecule has 0 atom stereocenters. The van der Waals surface area contributed by atoms with Crippen molar-refractivity contribution in [1.82, 2.24) is 5.32 Å². The zero-order valence-corrected chi connectivity index (χ0v) is 10.1. The van der Waals surface area contributed by atoms with Crippen molar-refractivity contribution >= 4 is 0 Å². The van der Waals surface area contributed by atoms with Crippen molar-refractivity contribution in [2.75, 3.05) is 0 Å². The van der Waals surface area contributed by atoms with Gasteiger partial charge < -0.3 is 19.9 Å². The first-order valence-electron chi connectivity index (χ1n) is 5.89. The Morgan fingerprint density at radius 1 is 0.778 bits per heavy atom. The van der Waals surface area contributed by atoms with E-state index in [1.165, 1.54) is 0 Å². The molecule has 4 heteroatoms. The van der Waals surface area contributed by atoms with Crippen LogP contribution in [0.5, 0.6) is 0 Å². The van der Waals surface area contributed by atoms with E-state index in [1.54, 1.807) is 6.07 Å². The molecule has 0 radical (unpaired) electrons. The van der Waals surface area contributed by atoms with Gasteiger partial charge in [-0.2, -0.15) is 0 Å². The Labute approximate surface area is 106 Å². The Kier molecular flexibility index (Phi) is 4.52. The van der Waals surface area contributed by atoms with E-state index in [0.717, 1.165) is 23.4 Å². The minimum Gasteiger partial charge on any atom is -0.462 e. The molecule has 0 spiro atoms. The molecule has 0 unspecified atom stereocenters. The normalized spacial score (nSPS) is 10.8. The van der Waals surface area contributed by atoms with Gasteiger partial charge in [0, 0.05) is 6.54 Å². The molecule has 1 heterocycles. The minimum absolute atomic E-state index is 0.0668. The van der Waals surface area contributed by atoms with Crippen LogP contribution in [0.3, 0.4) is 0 Å². The first-order valence-corrected chi connectivity index (χ1v) is 5.89. The Morgan fingerprint density at radius 2 is 1.44 bits per heavy atom. The van der Waals surface area contributed by atoms with Gasteiger partial charge in [0.2, 0.25) is 0 Å². The summed E-state index contributed by atoms with van der Waals surface area (Å²) in [5, 5.41) is 21.1. The van der Waals surface area contributed by atoms with Crippen LogP contribution in [0.4, 0.5) is 0 Å². The molecule has 0 aliphatic rings. The van der Waals surface area contributed by atoms with E-state index in [1.807, 2.05) is 30.3 Å². The van der Waals surface area contributed by atoms with Crippen molar-refractivity contribution in [3.63, 3.8) is 0 Å². The molecule has 18 heavy (non-hydrogen) atoms. The fourth-order valence-corrected chi connectivity index (χ4v) is 1.69. The summed E-state index contributed by atoms with van der Waals surface area (Å²) in [6.45, 7) is 1.37. The van der Waals surface area contributed by atoms with Gasteiger partial charge in [-0.15, -0.1) is 0 Å². The number of nitrogens with one attached hydrogen (secondary N) is 1. The van der Waals surface area contributed by atoms with E-state index in [2.05, 4.69) is 5.32 Å². The van der Waals surface area contributed by atoms with E-state index < -0.39 is 0 Å².